The van der Waals surface area contributed by atoms with E-state index in [1.54, 1.807) is 0 Å². The summed E-state index contributed by atoms with van der Waals surface area (Å²) in [4.78, 5) is 15.4. The van der Waals surface area contributed by atoms with Gasteiger partial charge in [-0.05, 0) is 42.7 Å². The highest BCUT2D eigenvalue weighted by Gasteiger charge is 2.06. The summed E-state index contributed by atoms with van der Waals surface area (Å²) in [5, 5.41) is 2.76. The number of unbranched alkanes of at least 4 members (excludes halogenated alkanes) is 1. The molecular formula is C16H17FN2O. The average molecular weight is 272 g/mol. The highest BCUT2D eigenvalue weighted by atomic mass is 19.1. The third-order valence-electron chi connectivity index (χ3n) is 3.02. The molecule has 0 radical (unpaired) electrons. The summed E-state index contributed by atoms with van der Waals surface area (Å²) >= 11 is 0. The fourth-order valence-electron chi connectivity index (χ4n) is 1.85. The first-order chi connectivity index (χ1) is 9.69. The third-order valence-corrected chi connectivity index (χ3v) is 3.02. The van der Waals surface area contributed by atoms with Crippen LogP contribution in [0.5, 0.6) is 0 Å². The van der Waals surface area contributed by atoms with Gasteiger partial charge in [0.2, 0.25) is 5.95 Å². The molecule has 4 heteroatoms. The van der Waals surface area contributed by atoms with Gasteiger partial charge in [0.15, 0.2) is 0 Å². The van der Waals surface area contributed by atoms with Crippen LogP contribution in [0.4, 0.5) is 10.1 Å². The summed E-state index contributed by atoms with van der Waals surface area (Å²) in [6.07, 6.45) is 4.59. The van der Waals surface area contributed by atoms with Crippen molar-refractivity contribution < 1.29 is 9.18 Å². The number of hydrogen-bond acceptors (Lipinski definition) is 2. The van der Waals surface area contributed by atoms with Crippen molar-refractivity contribution in [1.82, 2.24) is 4.98 Å². The van der Waals surface area contributed by atoms with E-state index in [0.29, 0.717) is 5.56 Å². The van der Waals surface area contributed by atoms with Crippen molar-refractivity contribution >= 4 is 11.6 Å². The summed E-state index contributed by atoms with van der Waals surface area (Å²) in [6.45, 7) is 2.16. The molecule has 2 rings (SSSR count). The summed E-state index contributed by atoms with van der Waals surface area (Å²) < 4.78 is 12.7. The molecule has 1 amide bonds. The maximum absolute atomic E-state index is 12.7. The second-order valence-corrected chi connectivity index (χ2v) is 4.62. The van der Waals surface area contributed by atoms with E-state index in [1.807, 2.05) is 24.3 Å². The van der Waals surface area contributed by atoms with Crippen molar-refractivity contribution in [3.63, 3.8) is 0 Å². The lowest BCUT2D eigenvalue weighted by atomic mass is 10.1. The molecule has 1 aromatic heterocycles. The number of pyridine rings is 1. The minimum Gasteiger partial charge on any atom is -0.322 e. The van der Waals surface area contributed by atoms with Crippen LogP contribution in [0.1, 0.15) is 35.7 Å². The van der Waals surface area contributed by atoms with E-state index in [1.165, 1.54) is 23.9 Å². The van der Waals surface area contributed by atoms with Crippen LogP contribution in [-0.4, -0.2) is 10.9 Å². The Labute approximate surface area is 117 Å². The van der Waals surface area contributed by atoms with E-state index in [-0.39, 0.29) is 5.91 Å². The Bertz CT molecular complexity index is 564. The number of carbonyl (C=O) groups excluding carboxylic acids is 1. The predicted octanol–water partition coefficient (Wildman–Crippen LogP) is 3.82. The lowest BCUT2D eigenvalue weighted by molar-refractivity contribution is 0.102. The largest absolute Gasteiger partial charge is 0.322 e. The second kappa shape index (κ2) is 6.80. The molecule has 0 fully saturated rings. The minimum absolute atomic E-state index is 0.293. The number of anilines is 1. The standard InChI is InChI=1S/C16H17FN2O/c1-2-3-4-12-5-8-14(9-6-12)19-16(20)13-7-10-15(17)18-11-13/h5-11H,2-4H2,1H3,(H,19,20). The topological polar surface area (TPSA) is 42.0 Å². The van der Waals surface area contributed by atoms with E-state index in [2.05, 4.69) is 17.2 Å². The normalized spacial score (nSPS) is 10.3. The summed E-state index contributed by atoms with van der Waals surface area (Å²) in [6, 6.07) is 10.3. The predicted molar refractivity (Wildman–Crippen MR) is 77.2 cm³/mol. The number of benzene rings is 1. The van der Waals surface area contributed by atoms with Crippen molar-refractivity contribution in [3.8, 4) is 0 Å². The highest BCUT2D eigenvalue weighted by Crippen LogP contribution is 2.13. The summed E-state index contributed by atoms with van der Waals surface area (Å²) in [7, 11) is 0. The number of aromatic nitrogens is 1. The van der Waals surface area contributed by atoms with E-state index >= 15 is 0 Å². The Morgan fingerprint density at radius 2 is 1.95 bits per heavy atom. The van der Waals surface area contributed by atoms with Crippen LogP contribution in [0, 0.1) is 5.95 Å². The molecule has 0 bridgehead atoms. The molecule has 0 unspecified atom stereocenters. The van der Waals surface area contributed by atoms with E-state index in [4.69, 9.17) is 0 Å². The minimum atomic E-state index is -0.596. The van der Waals surface area contributed by atoms with Gasteiger partial charge in [0, 0.05) is 11.9 Å². The number of nitrogens with one attached hydrogen (secondary N) is 1. The maximum Gasteiger partial charge on any atom is 0.257 e. The van der Waals surface area contributed by atoms with Gasteiger partial charge in [-0.2, -0.15) is 4.39 Å². The molecule has 0 saturated carbocycles. The number of halogens is 1. The van der Waals surface area contributed by atoms with Gasteiger partial charge in [-0.1, -0.05) is 25.5 Å². The number of nitrogens with zero attached hydrogens (tertiary/aromatic N) is 1. The van der Waals surface area contributed by atoms with Gasteiger partial charge < -0.3 is 5.32 Å². The fourth-order valence-corrected chi connectivity index (χ4v) is 1.85. The smallest absolute Gasteiger partial charge is 0.257 e. The number of hydrogen-bond donors (Lipinski definition) is 1. The first-order valence-electron chi connectivity index (χ1n) is 6.71. The van der Waals surface area contributed by atoms with Gasteiger partial charge in [0.05, 0.1) is 5.56 Å². The Morgan fingerprint density at radius 3 is 2.55 bits per heavy atom. The van der Waals surface area contributed by atoms with Crippen molar-refractivity contribution in [3.05, 3.63) is 59.7 Å². The first kappa shape index (κ1) is 14.2. The Kier molecular flexibility index (Phi) is 4.82. The van der Waals surface area contributed by atoms with Gasteiger partial charge in [-0.15, -0.1) is 0 Å². The van der Waals surface area contributed by atoms with E-state index in [9.17, 15) is 9.18 Å². The van der Waals surface area contributed by atoms with Crippen LogP contribution in [0.25, 0.3) is 0 Å². The quantitative estimate of drug-likeness (QED) is 0.841. The Balaban J connectivity index is 1.99. The maximum atomic E-state index is 12.7. The lowest BCUT2D eigenvalue weighted by Gasteiger charge is -2.06. The van der Waals surface area contributed by atoms with Crippen molar-refractivity contribution in [2.45, 2.75) is 26.2 Å². The molecule has 0 atom stereocenters. The number of amides is 1. The van der Waals surface area contributed by atoms with Gasteiger partial charge >= 0.3 is 0 Å². The molecule has 0 aliphatic heterocycles. The van der Waals surface area contributed by atoms with Crippen LogP contribution < -0.4 is 5.32 Å². The van der Waals surface area contributed by atoms with Crippen molar-refractivity contribution in [1.29, 1.82) is 0 Å². The third kappa shape index (κ3) is 3.88. The zero-order chi connectivity index (χ0) is 14.4. The number of rotatable bonds is 5. The van der Waals surface area contributed by atoms with Crippen molar-refractivity contribution in [2.75, 3.05) is 5.32 Å². The Morgan fingerprint density at radius 1 is 1.20 bits per heavy atom. The van der Waals surface area contributed by atoms with Crippen LogP contribution in [0.2, 0.25) is 0 Å². The molecule has 3 nitrogen and oxygen atoms in total. The zero-order valence-electron chi connectivity index (χ0n) is 11.4. The van der Waals surface area contributed by atoms with E-state index < -0.39 is 5.95 Å². The van der Waals surface area contributed by atoms with E-state index in [0.717, 1.165) is 24.9 Å². The molecule has 0 spiro atoms. The molecule has 1 heterocycles. The molecule has 0 aliphatic rings. The Hall–Kier alpha value is -2.23. The fraction of sp³-hybridized carbons (Fsp3) is 0.250. The van der Waals surface area contributed by atoms with Crippen LogP contribution in [-0.2, 0) is 6.42 Å². The number of aryl methyl sites for hydroxylation is 1. The summed E-state index contributed by atoms with van der Waals surface area (Å²) in [5.74, 6) is -0.888. The van der Waals surface area contributed by atoms with Crippen LogP contribution in [0.3, 0.4) is 0 Å². The monoisotopic (exact) mass is 272 g/mol. The van der Waals surface area contributed by atoms with Gasteiger partial charge in [-0.3, -0.25) is 4.79 Å². The molecule has 104 valence electrons. The number of carbonyl (C=O) groups is 1. The van der Waals surface area contributed by atoms with Gasteiger partial charge in [0.1, 0.15) is 0 Å². The highest BCUT2D eigenvalue weighted by molar-refractivity contribution is 6.03. The van der Waals surface area contributed by atoms with Crippen molar-refractivity contribution in [2.24, 2.45) is 0 Å². The van der Waals surface area contributed by atoms with Crippen LogP contribution in [0.15, 0.2) is 42.6 Å². The molecule has 0 saturated heterocycles. The molecular weight excluding hydrogens is 255 g/mol. The van der Waals surface area contributed by atoms with Crippen LogP contribution >= 0.6 is 0 Å². The second-order valence-electron chi connectivity index (χ2n) is 4.62. The average Bonchev–Trinajstić information content (AvgIpc) is 2.47. The SMILES string of the molecule is CCCCc1ccc(NC(=O)c2ccc(F)nc2)cc1. The molecule has 1 N–H and O–H groups in total. The zero-order valence-corrected chi connectivity index (χ0v) is 11.4. The molecule has 0 aliphatic carbocycles. The van der Waals surface area contributed by atoms with Gasteiger partial charge in [-0.25, -0.2) is 4.98 Å². The van der Waals surface area contributed by atoms with Gasteiger partial charge in [0.25, 0.3) is 5.91 Å². The first-order valence-corrected chi connectivity index (χ1v) is 6.71. The lowest BCUT2D eigenvalue weighted by Crippen LogP contribution is -2.12. The summed E-state index contributed by atoms with van der Waals surface area (Å²) in [5.41, 5.74) is 2.31. The molecule has 20 heavy (non-hydrogen) atoms. The molecule has 1 aromatic carbocycles. The molecule has 2 aromatic rings.